The maximum absolute atomic E-state index is 11.7. The minimum Gasteiger partial charge on any atom is -0.313 e. The summed E-state index contributed by atoms with van der Waals surface area (Å²) in [5.74, 6) is 0.120. The number of aryl methyl sites for hydroxylation is 2. The first-order chi connectivity index (χ1) is 8.30. The Kier molecular flexibility index (Phi) is 5.78. The van der Waals surface area contributed by atoms with Crippen LogP contribution in [0.2, 0.25) is 0 Å². The second kappa shape index (κ2) is 6.65. The molecule has 0 saturated carbocycles. The van der Waals surface area contributed by atoms with Crippen molar-refractivity contribution in [1.29, 1.82) is 0 Å². The molecule has 0 saturated heterocycles. The van der Waals surface area contributed by atoms with Crippen LogP contribution in [0.15, 0.2) is 6.07 Å². The topological polar surface area (TPSA) is 58.2 Å². The van der Waals surface area contributed by atoms with Gasteiger partial charge in [0.15, 0.2) is 0 Å². The highest BCUT2D eigenvalue weighted by molar-refractivity contribution is 7.89. The predicted octanol–water partition coefficient (Wildman–Crippen LogP) is 1.78. The number of sulfonamides is 1. The summed E-state index contributed by atoms with van der Waals surface area (Å²) in [5.41, 5.74) is 1.22. The Morgan fingerprint density at radius 2 is 2.00 bits per heavy atom. The van der Waals surface area contributed by atoms with Gasteiger partial charge in [0.2, 0.25) is 10.0 Å². The van der Waals surface area contributed by atoms with Gasteiger partial charge in [0, 0.05) is 28.9 Å². The van der Waals surface area contributed by atoms with E-state index in [1.54, 1.807) is 11.3 Å². The normalized spacial score (nSPS) is 12.3. The van der Waals surface area contributed by atoms with E-state index in [1.807, 2.05) is 33.8 Å². The van der Waals surface area contributed by atoms with Crippen LogP contribution in [0.25, 0.3) is 0 Å². The molecule has 0 spiro atoms. The van der Waals surface area contributed by atoms with Crippen molar-refractivity contribution in [3.8, 4) is 0 Å². The fourth-order valence-electron chi connectivity index (χ4n) is 1.47. The lowest BCUT2D eigenvalue weighted by atomic mass is 10.3. The zero-order chi connectivity index (χ0) is 13.8. The molecule has 0 amide bonds. The Balaban J connectivity index is 2.41. The van der Waals surface area contributed by atoms with Crippen molar-refractivity contribution in [1.82, 2.24) is 10.0 Å². The van der Waals surface area contributed by atoms with Gasteiger partial charge < -0.3 is 5.32 Å². The van der Waals surface area contributed by atoms with Gasteiger partial charge in [-0.25, -0.2) is 13.1 Å². The summed E-state index contributed by atoms with van der Waals surface area (Å²) in [4.78, 5) is 2.30. The Labute approximate surface area is 114 Å². The van der Waals surface area contributed by atoms with Crippen molar-refractivity contribution >= 4 is 21.4 Å². The lowest BCUT2D eigenvalue weighted by Gasteiger charge is -2.09. The predicted molar refractivity (Wildman–Crippen MR) is 77.6 cm³/mol. The minimum atomic E-state index is -3.18. The van der Waals surface area contributed by atoms with Crippen LogP contribution in [-0.2, 0) is 16.6 Å². The average molecular weight is 290 g/mol. The summed E-state index contributed by atoms with van der Waals surface area (Å²) in [6.45, 7) is 8.95. The molecular weight excluding hydrogens is 268 g/mol. The summed E-state index contributed by atoms with van der Waals surface area (Å²) in [5, 5.41) is 3.10. The van der Waals surface area contributed by atoms with E-state index >= 15 is 0 Å². The van der Waals surface area contributed by atoms with Crippen molar-refractivity contribution in [2.45, 2.75) is 40.3 Å². The molecule has 1 aromatic heterocycles. The smallest absolute Gasteiger partial charge is 0.213 e. The molecule has 0 fully saturated rings. The molecule has 0 bridgehead atoms. The van der Waals surface area contributed by atoms with Crippen LogP contribution >= 0.6 is 11.3 Å². The zero-order valence-electron chi connectivity index (χ0n) is 11.4. The Hall–Kier alpha value is -0.430. The van der Waals surface area contributed by atoms with Crippen LogP contribution in [0.3, 0.4) is 0 Å². The molecule has 0 aliphatic carbocycles. The van der Waals surface area contributed by atoms with Gasteiger partial charge >= 0.3 is 0 Å². The fraction of sp³-hybridized carbons (Fsp3) is 0.667. The van der Waals surface area contributed by atoms with Crippen molar-refractivity contribution in [3.63, 3.8) is 0 Å². The Morgan fingerprint density at radius 1 is 1.33 bits per heavy atom. The number of rotatable bonds is 7. The third-order valence-corrected chi connectivity index (χ3v) is 5.08. The average Bonchev–Trinajstić information content (AvgIpc) is 2.55. The molecule has 0 aromatic carbocycles. The summed E-state index contributed by atoms with van der Waals surface area (Å²) in [7, 11) is -3.18. The molecule has 1 aromatic rings. The van der Waals surface area contributed by atoms with Gasteiger partial charge in [-0.1, -0.05) is 13.8 Å². The van der Waals surface area contributed by atoms with Crippen LogP contribution in [0.5, 0.6) is 0 Å². The number of thiophene rings is 1. The maximum atomic E-state index is 11.7. The second-order valence-corrected chi connectivity index (χ2v) is 7.97. The van der Waals surface area contributed by atoms with E-state index < -0.39 is 10.0 Å². The molecule has 2 N–H and O–H groups in total. The highest BCUT2D eigenvalue weighted by atomic mass is 32.2. The van der Waals surface area contributed by atoms with E-state index in [2.05, 4.69) is 10.0 Å². The molecule has 1 rings (SSSR count). The standard InChI is InChI=1S/C12H22N2O2S2/c1-9(2)13-5-6-18(15,16)14-8-12-7-10(3)11(4)17-12/h7,9,13-14H,5-6,8H2,1-4H3. The van der Waals surface area contributed by atoms with Crippen molar-refractivity contribution in [2.24, 2.45) is 0 Å². The minimum absolute atomic E-state index is 0.120. The van der Waals surface area contributed by atoms with E-state index in [-0.39, 0.29) is 5.75 Å². The Bertz CT molecular complexity index is 459. The lowest BCUT2D eigenvalue weighted by Crippen LogP contribution is -2.34. The van der Waals surface area contributed by atoms with E-state index in [9.17, 15) is 8.42 Å². The van der Waals surface area contributed by atoms with Gasteiger partial charge in [-0.2, -0.15) is 0 Å². The van der Waals surface area contributed by atoms with Gasteiger partial charge in [-0.15, -0.1) is 11.3 Å². The first-order valence-corrected chi connectivity index (χ1v) is 8.53. The molecule has 1 heterocycles. The number of nitrogens with one attached hydrogen (secondary N) is 2. The maximum Gasteiger partial charge on any atom is 0.213 e. The molecule has 6 heteroatoms. The second-order valence-electron chi connectivity index (χ2n) is 4.70. The summed E-state index contributed by atoms with van der Waals surface area (Å²) >= 11 is 1.64. The number of hydrogen-bond donors (Lipinski definition) is 2. The Morgan fingerprint density at radius 3 is 2.50 bits per heavy atom. The molecule has 0 aliphatic heterocycles. The van der Waals surface area contributed by atoms with Crippen LogP contribution in [0, 0.1) is 13.8 Å². The molecule has 0 unspecified atom stereocenters. The lowest BCUT2D eigenvalue weighted by molar-refractivity contribution is 0.567. The van der Waals surface area contributed by atoms with Gasteiger partial charge in [0.05, 0.1) is 5.75 Å². The zero-order valence-corrected chi connectivity index (χ0v) is 13.0. The van der Waals surface area contributed by atoms with Crippen LogP contribution in [0.1, 0.15) is 29.2 Å². The van der Waals surface area contributed by atoms with Gasteiger partial charge in [0.25, 0.3) is 0 Å². The van der Waals surface area contributed by atoms with Crippen molar-refractivity contribution in [3.05, 3.63) is 21.4 Å². The van der Waals surface area contributed by atoms with Crippen molar-refractivity contribution in [2.75, 3.05) is 12.3 Å². The molecule has 0 aliphatic rings. The molecule has 18 heavy (non-hydrogen) atoms. The summed E-state index contributed by atoms with van der Waals surface area (Å²) in [6.07, 6.45) is 0. The van der Waals surface area contributed by atoms with E-state index in [4.69, 9.17) is 0 Å². The largest absolute Gasteiger partial charge is 0.313 e. The highest BCUT2D eigenvalue weighted by Crippen LogP contribution is 2.20. The molecule has 104 valence electrons. The summed E-state index contributed by atoms with van der Waals surface area (Å²) in [6, 6.07) is 2.34. The van der Waals surface area contributed by atoms with Gasteiger partial charge in [0.1, 0.15) is 0 Å². The van der Waals surface area contributed by atoms with Gasteiger partial charge in [-0.3, -0.25) is 0 Å². The van der Waals surface area contributed by atoms with E-state index in [0.29, 0.717) is 19.1 Å². The van der Waals surface area contributed by atoms with Crippen LogP contribution < -0.4 is 10.0 Å². The van der Waals surface area contributed by atoms with Crippen molar-refractivity contribution < 1.29 is 8.42 Å². The third-order valence-electron chi connectivity index (χ3n) is 2.61. The van der Waals surface area contributed by atoms with E-state index in [0.717, 1.165) is 4.88 Å². The summed E-state index contributed by atoms with van der Waals surface area (Å²) < 4.78 is 26.1. The number of hydrogen-bond acceptors (Lipinski definition) is 4. The quantitative estimate of drug-likeness (QED) is 0.805. The van der Waals surface area contributed by atoms with E-state index in [1.165, 1.54) is 10.4 Å². The van der Waals surface area contributed by atoms with Crippen LogP contribution in [0.4, 0.5) is 0 Å². The van der Waals surface area contributed by atoms with Crippen LogP contribution in [-0.4, -0.2) is 26.8 Å². The first-order valence-electron chi connectivity index (χ1n) is 6.07. The third kappa shape index (κ3) is 5.48. The molecule has 0 atom stereocenters. The fourth-order valence-corrected chi connectivity index (χ4v) is 3.46. The molecular formula is C12H22N2O2S2. The first kappa shape index (κ1) is 15.6. The molecule has 0 radical (unpaired) electrons. The van der Waals surface area contributed by atoms with Gasteiger partial charge in [-0.05, 0) is 25.5 Å². The monoisotopic (exact) mass is 290 g/mol. The highest BCUT2D eigenvalue weighted by Gasteiger charge is 2.11. The molecule has 4 nitrogen and oxygen atoms in total. The SMILES string of the molecule is Cc1cc(CNS(=O)(=O)CCNC(C)C)sc1C.